The number of aryl methyl sites for hydroxylation is 1. The number of alkyl halides is 3. The van der Waals surface area contributed by atoms with Crippen LogP contribution in [-0.2, 0) is 6.54 Å². The third-order valence-electron chi connectivity index (χ3n) is 1.54. The van der Waals surface area contributed by atoms with Crippen molar-refractivity contribution in [2.24, 2.45) is 0 Å². The minimum Gasteiger partial charge on any atom is -0.297 e. The molecule has 0 aliphatic rings. The van der Waals surface area contributed by atoms with E-state index in [0.29, 0.717) is 0 Å². The summed E-state index contributed by atoms with van der Waals surface area (Å²) >= 11 is 10.7. The zero-order chi connectivity index (χ0) is 12.3. The molecule has 1 aromatic heterocycles. The topological polar surface area (TPSA) is 34.9 Å². The van der Waals surface area contributed by atoms with E-state index in [2.05, 4.69) is 4.98 Å². The van der Waals surface area contributed by atoms with E-state index in [-0.39, 0.29) is 34.2 Å². The molecule has 0 spiro atoms. The molecule has 0 N–H and O–H groups in total. The molecule has 9 heteroatoms. The van der Waals surface area contributed by atoms with Crippen LogP contribution in [0.5, 0.6) is 0 Å². The second-order valence-electron chi connectivity index (χ2n) is 2.64. The monoisotopic (exact) mass is 292 g/mol. The lowest BCUT2D eigenvalue weighted by atomic mass is 10.6. The molecule has 1 heterocycles. The number of rotatable bonds is 3. The molecular formula is C7H5Cl2F3N2OS. The van der Waals surface area contributed by atoms with Crippen molar-refractivity contribution in [3.8, 4) is 0 Å². The summed E-state index contributed by atoms with van der Waals surface area (Å²) in [6.07, 6.45) is 1.06. The summed E-state index contributed by atoms with van der Waals surface area (Å²) in [6, 6.07) is 0. The Morgan fingerprint density at radius 1 is 1.44 bits per heavy atom. The van der Waals surface area contributed by atoms with Crippen LogP contribution in [0, 0.1) is 0 Å². The van der Waals surface area contributed by atoms with E-state index < -0.39 is 11.1 Å². The number of hydrogen-bond acceptors (Lipinski definition) is 3. The maximum atomic E-state index is 11.8. The first kappa shape index (κ1) is 13.7. The summed E-state index contributed by atoms with van der Waals surface area (Å²) in [4.78, 5) is 14.9. The van der Waals surface area contributed by atoms with Crippen molar-refractivity contribution in [3.63, 3.8) is 0 Å². The van der Waals surface area contributed by atoms with Gasteiger partial charge in [0.05, 0.1) is 6.33 Å². The molecule has 0 aliphatic heterocycles. The molecule has 90 valence electrons. The van der Waals surface area contributed by atoms with E-state index in [4.69, 9.17) is 23.2 Å². The molecular weight excluding hydrogens is 288 g/mol. The highest BCUT2D eigenvalue weighted by atomic mass is 35.5. The SMILES string of the molecule is O=c1c(Cl)c(Cl)ncn1CCSC(F)(F)F. The fourth-order valence-corrected chi connectivity index (χ4v) is 1.66. The Balaban J connectivity index is 2.69. The molecule has 0 saturated carbocycles. The highest BCUT2D eigenvalue weighted by Crippen LogP contribution is 2.29. The summed E-state index contributed by atoms with van der Waals surface area (Å²) in [5, 5.41) is -0.451. The van der Waals surface area contributed by atoms with Crippen molar-refractivity contribution >= 4 is 35.0 Å². The fraction of sp³-hybridized carbons (Fsp3) is 0.429. The average molecular weight is 293 g/mol. The van der Waals surface area contributed by atoms with Gasteiger partial charge in [0.1, 0.15) is 5.02 Å². The lowest BCUT2D eigenvalue weighted by Crippen LogP contribution is -2.22. The van der Waals surface area contributed by atoms with E-state index >= 15 is 0 Å². The lowest BCUT2D eigenvalue weighted by Gasteiger charge is -2.07. The normalized spacial score (nSPS) is 11.8. The van der Waals surface area contributed by atoms with E-state index in [1.165, 1.54) is 0 Å². The minimum absolute atomic E-state index is 0.132. The summed E-state index contributed by atoms with van der Waals surface area (Å²) in [5.74, 6) is -0.289. The third-order valence-corrected chi connectivity index (χ3v) is 2.98. The predicted octanol–water partition coefficient (Wildman–Crippen LogP) is 2.80. The molecule has 0 aliphatic carbocycles. The standard InChI is InChI=1S/C7H5Cl2F3N2OS/c8-4-5(9)13-3-14(6(4)15)1-2-16-7(10,11)12/h3H,1-2H2. The van der Waals surface area contributed by atoms with Gasteiger partial charge in [-0.3, -0.25) is 9.36 Å². The first-order valence-corrected chi connectivity index (χ1v) is 5.66. The average Bonchev–Trinajstić information content (AvgIpc) is 2.16. The van der Waals surface area contributed by atoms with Gasteiger partial charge in [0.25, 0.3) is 5.56 Å². The molecule has 16 heavy (non-hydrogen) atoms. The van der Waals surface area contributed by atoms with Crippen molar-refractivity contribution < 1.29 is 13.2 Å². The number of hydrogen-bond donors (Lipinski definition) is 0. The molecule has 0 saturated heterocycles. The molecule has 1 rings (SSSR count). The van der Waals surface area contributed by atoms with Crippen LogP contribution in [0.4, 0.5) is 13.2 Å². The zero-order valence-corrected chi connectivity index (χ0v) is 9.92. The van der Waals surface area contributed by atoms with Gasteiger partial charge in [0.15, 0.2) is 5.15 Å². The van der Waals surface area contributed by atoms with E-state index in [1.54, 1.807) is 0 Å². The van der Waals surface area contributed by atoms with Gasteiger partial charge in [-0.1, -0.05) is 23.2 Å². The number of nitrogens with zero attached hydrogens (tertiary/aromatic N) is 2. The molecule has 0 fully saturated rings. The summed E-state index contributed by atoms with van der Waals surface area (Å²) in [7, 11) is 0. The fourth-order valence-electron chi connectivity index (χ4n) is 0.863. The van der Waals surface area contributed by atoms with Crippen LogP contribution in [0.2, 0.25) is 10.2 Å². The molecule has 1 aromatic rings. The van der Waals surface area contributed by atoms with Gasteiger partial charge in [-0.05, 0) is 11.8 Å². The lowest BCUT2D eigenvalue weighted by molar-refractivity contribution is -0.0328. The first-order valence-electron chi connectivity index (χ1n) is 3.92. The van der Waals surface area contributed by atoms with Gasteiger partial charge in [-0.15, -0.1) is 0 Å². The summed E-state index contributed by atoms with van der Waals surface area (Å²) in [6.45, 7) is -0.132. The highest BCUT2D eigenvalue weighted by molar-refractivity contribution is 8.00. The van der Waals surface area contributed by atoms with Crippen LogP contribution < -0.4 is 5.56 Å². The van der Waals surface area contributed by atoms with Crippen molar-refractivity contribution in [3.05, 3.63) is 26.9 Å². The van der Waals surface area contributed by atoms with Gasteiger partial charge in [-0.2, -0.15) is 13.2 Å². The zero-order valence-electron chi connectivity index (χ0n) is 7.59. The van der Waals surface area contributed by atoms with Gasteiger partial charge < -0.3 is 0 Å². The second-order valence-corrected chi connectivity index (χ2v) is 4.54. The Hall–Kier alpha value is -0.400. The van der Waals surface area contributed by atoms with Crippen LogP contribution in [-0.4, -0.2) is 20.8 Å². The van der Waals surface area contributed by atoms with Crippen LogP contribution in [0.1, 0.15) is 0 Å². The summed E-state index contributed by atoms with van der Waals surface area (Å²) in [5.41, 5.74) is -4.96. The van der Waals surface area contributed by atoms with Crippen LogP contribution >= 0.6 is 35.0 Å². The number of halogens is 5. The second kappa shape index (κ2) is 5.29. The maximum absolute atomic E-state index is 11.8. The van der Waals surface area contributed by atoms with E-state index in [9.17, 15) is 18.0 Å². The molecule has 0 amide bonds. The van der Waals surface area contributed by atoms with E-state index in [1.807, 2.05) is 0 Å². The molecule has 0 radical (unpaired) electrons. The van der Waals surface area contributed by atoms with Crippen LogP contribution in [0.25, 0.3) is 0 Å². The largest absolute Gasteiger partial charge is 0.441 e. The highest BCUT2D eigenvalue weighted by Gasteiger charge is 2.27. The molecule has 0 bridgehead atoms. The van der Waals surface area contributed by atoms with Gasteiger partial charge in [-0.25, -0.2) is 4.98 Å². The smallest absolute Gasteiger partial charge is 0.297 e. The third kappa shape index (κ3) is 3.88. The van der Waals surface area contributed by atoms with Crippen molar-refractivity contribution in [1.82, 2.24) is 9.55 Å². The van der Waals surface area contributed by atoms with Gasteiger partial charge in [0.2, 0.25) is 0 Å². The Kier molecular flexibility index (Phi) is 4.52. The van der Waals surface area contributed by atoms with Crippen molar-refractivity contribution in [2.45, 2.75) is 12.1 Å². The molecule has 3 nitrogen and oxygen atoms in total. The predicted molar refractivity (Wildman–Crippen MR) is 57.0 cm³/mol. The van der Waals surface area contributed by atoms with Crippen molar-refractivity contribution in [1.29, 1.82) is 0 Å². The quantitative estimate of drug-likeness (QED) is 0.804. The summed E-state index contributed by atoms with van der Waals surface area (Å²) < 4.78 is 36.4. The van der Waals surface area contributed by atoms with Crippen LogP contribution in [0.3, 0.4) is 0 Å². The molecule has 0 unspecified atom stereocenters. The van der Waals surface area contributed by atoms with Gasteiger partial charge >= 0.3 is 5.51 Å². The minimum atomic E-state index is -4.31. The first-order chi connectivity index (χ1) is 7.31. The van der Waals surface area contributed by atoms with Crippen molar-refractivity contribution in [2.75, 3.05) is 5.75 Å². The van der Waals surface area contributed by atoms with Crippen LogP contribution in [0.15, 0.2) is 11.1 Å². The molecule has 0 aromatic carbocycles. The number of thioether (sulfide) groups is 1. The molecule has 0 atom stereocenters. The maximum Gasteiger partial charge on any atom is 0.441 e. The van der Waals surface area contributed by atoms with E-state index in [0.717, 1.165) is 10.9 Å². The Bertz CT molecular complexity index is 435. The Morgan fingerprint density at radius 3 is 2.62 bits per heavy atom. The number of aromatic nitrogens is 2. The Labute approximate surface area is 103 Å². The Morgan fingerprint density at radius 2 is 2.06 bits per heavy atom. The van der Waals surface area contributed by atoms with Gasteiger partial charge in [0, 0.05) is 12.3 Å².